The van der Waals surface area contributed by atoms with E-state index in [9.17, 15) is 9.90 Å². The fourth-order valence-corrected chi connectivity index (χ4v) is 5.69. The average molecular weight is 646 g/mol. The number of amides is 1. The number of methoxy groups -OCH3 is 5. The van der Waals surface area contributed by atoms with E-state index in [1.165, 1.54) is 34.5 Å². The number of carbonyl (C=O) groups excluding carboxylic acids is 1. The minimum atomic E-state index is -0.383. The minimum absolute atomic E-state index is 0.0572. The third-order valence-corrected chi connectivity index (χ3v) is 8.08. The van der Waals surface area contributed by atoms with Crippen LogP contribution in [0.25, 0.3) is 44.7 Å². The standard InChI is InChI=1S/C38H35N3O7/c1-44-26-13-11-23(12-14-26)35-36-29(27-8-6-7-9-30(27)41-36)20-25(40-35)21-39-38(43)28(16-22-10-15-32(45-2)31(42)17-22)24-18-33(46-3)37(48-5)34(19-24)47-4/h6-20,41-42H,21H2,1-5H3,(H,39,43)/b28-16+. The van der Waals surface area contributed by atoms with E-state index in [0.29, 0.717) is 45.4 Å². The fraction of sp³-hybridized carbons (Fsp3) is 0.158. The molecule has 0 bridgehead atoms. The van der Waals surface area contributed by atoms with Crippen molar-refractivity contribution >= 4 is 39.4 Å². The van der Waals surface area contributed by atoms with Gasteiger partial charge in [0, 0.05) is 27.4 Å². The van der Waals surface area contributed by atoms with Gasteiger partial charge in [0.05, 0.1) is 59.0 Å². The lowest BCUT2D eigenvalue weighted by atomic mass is 10.00. The van der Waals surface area contributed by atoms with E-state index < -0.39 is 0 Å². The van der Waals surface area contributed by atoms with E-state index in [1.807, 2.05) is 48.5 Å². The zero-order chi connectivity index (χ0) is 33.8. The van der Waals surface area contributed by atoms with Crippen LogP contribution in [0.15, 0.2) is 84.9 Å². The van der Waals surface area contributed by atoms with Crippen LogP contribution in [0.1, 0.15) is 16.8 Å². The highest BCUT2D eigenvalue weighted by atomic mass is 16.5. The molecule has 0 saturated heterocycles. The number of hydrogen-bond acceptors (Lipinski definition) is 8. The Morgan fingerprint density at radius 3 is 2.15 bits per heavy atom. The summed E-state index contributed by atoms with van der Waals surface area (Å²) in [5.41, 5.74) is 5.58. The number of para-hydroxylation sites is 1. The summed E-state index contributed by atoms with van der Waals surface area (Å²) in [5.74, 6) is 1.79. The Labute approximate surface area is 277 Å². The van der Waals surface area contributed by atoms with Crippen LogP contribution in [-0.2, 0) is 11.3 Å². The Morgan fingerprint density at radius 1 is 0.792 bits per heavy atom. The Morgan fingerprint density at radius 2 is 1.50 bits per heavy atom. The van der Waals surface area contributed by atoms with Gasteiger partial charge in [0.15, 0.2) is 23.0 Å². The van der Waals surface area contributed by atoms with Crippen LogP contribution in [0.2, 0.25) is 0 Å². The molecule has 3 N–H and O–H groups in total. The van der Waals surface area contributed by atoms with Gasteiger partial charge in [-0.1, -0.05) is 24.3 Å². The number of carbonyl (C=O) groups is 1. The fourth-order valence-electron chi connectivity index (χ4n) is 5.69. The molecular weight excluding hydrogens is 610 g/mol. The molecule has 2 aromatic heterocycles. The normalized spacial score (nSPS) is 11.4. The number of rotatable bonds is 11. The number of aromatic amines is 1. The van der Waals surface area contributed by atoms with Crippen molar-refractivity contribution in [1.82, 2.24) is 15.3 Å². The molecule has 48 heavy (non-hydrogen) atoms. The maximum atomic E-state index is 14.1. The van der Waals surface area contributed by atoms with Crippen LogP contribution in [-0.4, -0.2) is 56.5 Å². The van der Waals surface area contributed by atoms with Crippen molar-refractivity contribution in [2.24, 2.45) is 0 Å². The molecular formula is C38H35N3O7. The highest BCUT2D eigenvalue weighted by Gasteiger charge is 2.21. The Bertz CT molecular complexity index is 2130. The first-order valence-electron chi connectivity index (χ1n) is 15.1. The van der Waals surface area contributed by atoms with E-state index in [1.54, 1.807) is 37.5 Å². The lowest BCUT2D eigenvalue weighted by Crippen LogP contribution is -2.24. The molecule has 244 valence electrons. The second kappa shape index (κ2) is 13.7. The van der Waals surface area contributed by atoms with Crippen molar-refractivity contribution in [2.75, 3.05) is 35.5 Å². The molecule has 0 atom stereocenters. The lowest BCUT2D eigenvalue weighted by Gasteiger charge is -2.16. The zero-order valence-corrected chi connectivity index (χ0v) is 27.2. The van der Waals surface area contributed by atoms with Gasteiger partial charge in [-0.2, -0.15) is 0 Å². The van der Waals surface area contributed by atoms with Gasteiger partial charge < -0.3 is 39.1 Å². The van der Waals surface area contributed by atoms with Crippen molar-refractivity contribution in [3.8, 4) is 45.8 Å². The molecule has 0 aliphatic rings. The molecule has 6 rings (SSSR count). The van der Waals surface area contributed by atoms with E-state index in [-0.39, 0.29) is 18.2 Å². The van der Waals surface area contributed by atoms with Crippen molar-refractivity contribution < 1.29 is 33.6 Å². The average Bonchev–Trinajstić information content (AvgIpc) is 3.50. The van der Waals surface area contributed by atoms with Gasteiger partial charge in [0.1, 0.15) is 5.75 Å². The number of fused-ring (bicyclic) bond motifs is 3. The second-order valence-corrected chi connectivity index (χ2v) is 10.9. The maximum Gasteiger partial charge on any atom is 0.252 e. The van der Waals surface area contributed by atoms with Crippen LogP contribution in [0, 0.1) is 0 Å². The topological polar surface area (TPSA) is 124 Å². The number of pyridine rings is 1. The summed E-state index contributed by atoms with van der Waals surface area (Å²) in [5, 5.41) is 15.6. The van der Waals surface area contributed by atoms with Crippen molar-refractivity contribution in [3.05, 3.63) is 102 Å². The van der Waals surface area contributed by atoms with Gasteiger partial charge in [-0.3, -0.25) is 4.79 Å². The van der Waals surface area contributed by atoms with Crippen molar-refractivity contribution in [1.29, 1.82) is 0 Å². The number of ether oxygens (including phenoxy) is 5. The molecule has 10 nitrogen and oxygen atoms in total. The smallest absolute Gasteiger partial charge is 0.252 e. The Hall–Kier alpha value is -6.16. The predicted octanol–water partition coefficient (Wildman–Crippen LogP) is 6.99. The Balaban J connectivity index is 1.42. The highest BCUT2D eigenvalue weighted by molar-refractivity contribution is 6.24. The highest BCUT2D eigenvalue weighted by Crippen LogP contribution is 2.41. The number of benzene rings is 4. The molecule has 1 amide bonds. The first-order valence-corrected chi connectivity index (χ1v) is 15.1. The van der Waals surface area contributed by atoms with Crippen LogP contribution >= 0.6 is 0 Å². The number of phenols is 1. The summed E-state index contributed by atoms with van der Waals surface area (Å²) in [6, 6.07) is 26.1. The number of aromatic nitrogens is 2. The summed E-state index contributed by atoms with van der Waals surface area (Å²) in [7, 11) is 7.64. The number of nitrogens with one attached hydrogen (secondary N) is 2. The molecule has 2 heterocycles. The van der Waals surface area contributed by atoms with Crippen molar-refractivity contribution in [3.63, 3.8) is 0 Å². The quantitative estimate of drug-likeness (QED) is 0.102. The molecule has 0 unspecified atom stereocenters. The number of aromatic hydroxyl groups is 1. The molecule has 0 spiro atoms. The third-order valence-electron chi connectivity index (χ3n) is 8.08. The van der Waals surface area contributed by atoms with Crippen LogP contribution in [0.3, 0.4) is 0 Å². The SMILES string of the molecule is COc1ccc(-c2nc(CNC(=O)/C(=C/c3ccc(OC)c(O)c3)c3cc(OC)c(OC)c(OC)c3)cc3c2[nH]c2ccccc23)cc1. The van der Waals surface area contributed by atoms with Crippen LogP contribution in [0.5, 0.6) is 34.5 Å². The summed E-state index contributed by atoms with van der Waals surface area (Å²) < 4.78 is 27.2. The van der Waals surface area contributed by atoms with Gasteiger partial charge in [0.2, 0.25) is 5.75 Å². The number of phenolic OH excluding ortho intramolecular Hbond substituents is 1. The van der Waals surface area contributed by atoms with Crippen LogP contribution < -0.4 is 29.0 Å². The number of H-pyrrole nitrogens is 1. The van der Waals surface area contributed by atoms with Gasteiger partial charge in [-0.25, -0.2) is 4.98 Å². The number of nitrogens with zero attached hydrogens (tertiary/aromatic N) is 1. The first kappa shape index (κ1) is 31.8. The molecule has 4 aromatic carbocycles. The summed E-state index contributed by atoms with van der Waals surface area (Å²) in [6.07, 6.45) is 1.67. The van der Waals surface area contributed by atoms with Crippen LogP contribution in [0.4, 0.5) is 0 Å². The molecule has 0 radical (unpaired) electrons. The van der Waals surface area contributed by atoms with Gasteiger partial charge >= 0.3 is 0 Å². The zero-order valence-electron chi connectivity index (χ0n) is 27.2. The Kier molecular flexibility index (Phi) is 9.06. The molecule has 0 aliphatic carbocycles. The van der Waals surface area contributed by atoms with Gasteiger partial charge in [0.25, 0.3) is 5.91 Å². The number of hydrogen-bond donors (Lipinski definition) is 3. The lowest BCUT2D eigenvalue weighted by molar-refractivity contribution is -0.115. The molecule has 0 fully saturated rings. The van der Waals surface area contributed by atoms with Gasteiger partial charge in [-0.15, -0.1) is 0 Å². The van der Waals surface area contributed by atoms with Gasteiger partial charge in [-0.05, 0) is 77.9 Å². The predicted molar refractivity (Wildman–Crippen MR) is 186 cm³/mol. The molecule has 10 heteroatoms. The first-order chi connectivity index (χ1) is 23.4. The van der Waals surface area contributed by atoms with E-state index in [2.05, 4.69) is 16.4 Å². The van der Waals surface area contributed by atoms with E-state index >= 15 is 0 Å². The third kappa shape index (κ3) is 6.15. The summed E-state index contributed by atoms with van der Waals surface area (Å²) in [6.45, 7) is 0.132. The molecule has 0 aliphatic heterocycles. The van der Waals surface area contributed by atoms with E-state index in [4.69, 9.17) is 28.7 Å². The second-order valence-electron chi connectivity index (χ2n) is 10.9. The molecule has 6 aromatic rings. The summed E-state index contributed by atoms with van der Waals surface area (Å²) in [4.78, 5) is 22.6. The minimum Gasteiger partial charge on any atom is -0.504 e. The van der Waals surface area contributed by atoms with E-state index in [0.717, 1.165) is 38.8 Å². The maximum absolute atomic E-state index is 14.1. The molecule has 0 saturated carbocycles. The monoisotopic (exact) mass is 645 g/mol. The summed E-state index contributed by atoms with van der Waals surface area (Å²) >= 11 is 0. The van der Waals surface area contributed by atoms with Crippen molar-refractivity contribution in [2.45, 2.75) is 6.54 Å². The largest absolute Gasteiger partial charge is 0.504 e.